The third-order valence-electron chi connectivity index (χ3n) is 1.04. The van der Waals surface area contributed by atoms with Crippen LogP contribution in [0.2, 0.25) is 0 Å². The molecule has 0 aliphatic carbocycles. The molecule has 3 nitrogen and oxygen atoms in total. The minimum atomic E-state index is 0.768. The smallest absolute Gasteiger partial charge is 0.0516 e. The Balaban J connectivity index is 3.97. The van der Waals surface area contributed by atoms with E-state index >= 15 is 0 Å². The van der Waals surface area contributed by atoms with Crippen LogP contribution >= 0.6 is 0 Å². The van der Waals surface area contributed by atoms with Gasteiger partial charge in [0.2, 0.25) is 0 Å². The second-order valence-electron chi connectivity index (χ2n) is 1.79. The van der Waals surface area contributed by atoms with Gasteiger partial charge >= 0.3 is 0 Å². The number of allylic oxidation sites excluding steroid dienone is 2. The fourth-order valence-corrected chi connectivity index (χ4v) is 0.542. The Morgan fingerprint density at radius 3 is 2.44 bits per heavy atom. The second kappa shape index (κ2) is 3.95. The van der Waals surface area contributed by atoms with E-state index in [1.807, 2.05) is 13.8 Å². The Morgan fingerprint density at radius 2 is 2.33 bits per heavy atom. The third-order valence-corrected chi connectivity index (χ3v) is 1.04. The Kier molecular flexibility index (Phi) is 3.51. The van der Waals surface area contributed by atoms with E-state index in [0.717, 1.165) is 17.8 Å². The van der Waals surface area contributed by atoms with Crippen molar-refractivity contribution >= 4 is 6.72 Å². The number of nitrogens with one attached hydrogen (secondary N) is 1. The summed E-state index contributed by atoms with van der Waals surface area (Å²) in [5.74, 6) is 0. The number of nitrogens with two attached hydrogens (primary N) is 1. The highest BCUT2D eigenvalue weighted by atomic mass is 15.3. The van der Waals surface area contributed by atoms with Gasteiger partial charge in [0.15, 0.2) is 0 Å². The maximum atomic E-state index is 5.46. The van der Waals surface area contributed by atoms with Crippen LogP contribution in [0.1, 0.15) is 20.3 Å². The van der Waals surface area contributed by atoms with Crippen molar-refractivity contribution in [1.82, 2.24) is 5.43 Å². The van der Waals surface area contributed by atoms with Crippen molar-refractivity contribution in [2.24, 2.45) is 10.8 Å². The highest BCUT2D eigenvalue weighted by Gasteiger charge is 1.91. The summed E-state index contributed by atoms with van der Waals surface area (Å²) in [5.41, 5.74) is 9.87. The summed E-state index contributed by atoms with van der Waals surface area (Å²) in [6, 6.07) is 0. The van der Waals surface area contributed by atoms with Crippen LogP contribution < -0.4 is 11.2 Å². The number of hydrogen-bond acceptors (Lipinski definition) is 3. The molecule has 0 aromatic rings. The molecule has 0 amide bonds. The molecule has 3 heteroatoms. The van der Waals surface area contributed by atoms with E-state index in [0.29, 0.717) is 0 Å². The molecule has 0 saturated heterocycles. The van der Waals surface area contributed by atoms with E-state index in [1.54, 1.807) is 0 Å². The molecule has 0 spiro atoms. The standard InChI is InChI=1S/C6H13N3/c1-4-6(5(2)7)9-8-3/h9H,3-4,7H2,1-2H3/b6-5-. The fraction of sp³-hybridized carbons (Fsp3) is 0.500. The lowest BCUT2D eigenvalue weighted by Crippen LogP contribution is -2.10. The first-order valence-corrected chi connectivity index (χ1v) is 2.89. The first-order valence-electron chi connectivity index (χ1n) is 2.89. The van der Waals surface area contributed by atoms with Crippen LogP contribution in [0, 0.1) is 0 Å². The van der Waals surface area contributed by atoms with Gasteiger partial charge in [-0.3, -0.25) is 5.43 Å². The van der Waals surface area contributed by atoms with Crippen LogP contribution in [0.4, 0.5) is 0 Å². The fourth-order valence-electron chi connectivity index (χ4n) is 0.542. The maximum Gasteiger partial charge on any atom is 0.0516 e. The normalized spacial score (nSPS) is 12.2. The summed E-state index contributed by atoms with van der Waals surface area (Å²) in [4.78, 5) is 0. The van der Waals surface area contributed by atoms with Gasteiger partial charge in [-0.05, 0) is 13.3 Å². The summed E-state index contributed by atoms with van der Waals surface area (Å²) in [7, 11) is 0. The summed E-state index contributed by atoms with van der Waals surface area (Å²) in [6.45, 7) is 7.11. The van der Waals surface area contributed by atoms with Gasteiger partial charge in [0.1, 0.15) is 0 Å². The maximum absolute atomic E-state index is 5.46. The van der Waals surface area contributed by atoms with Crippen molar-refractivity contribution in [3.63, 3.8) is 0 Å². The minimum absolute atomic E-state index is 0.768. The van der Waals surface area contributed by atoms with Gasteiger partial charge in [-0.1, -0.05) is 6.92 Å². The van der Waals surface area contributed by atoms with Crippen molar-refractivity contribution in [2.45, 2.75) is 20.3 Å². The van der Waals surface area contributed by atoms with Crippen LogP contribution in [0.25, 0.3) is 0 Å². The van der Waals surface area contributed by atoms with Crippen molar-refractivity contribution in [3.05, 3.63) is 11.4 Å². The van der Waals surface area contributed by atoms with E-state index in [-0.39, 0.29) is 0 Å². The van der Waals surface area contributed by atoms with E-state index in [1.165, 1.54) is 0 Å². The van der Waals surface area contributed by atoms with Gasteiger partial charge in [-0.25, -0.2) is 0 Å². The lowest BCUT2D eigenvalue weighted by Gasteiger charge is -2.03. The average Bonchev–Trinajstić information content (AvgIpc) is 1.82. The molecule has 9 heavy (non-hydrogen) atoms. The predicted molar refractivity (Wildman–Crippen MR) is 39.9 cm³/mol. The van der Waals surface area contributed by atoms with Gasteiger partial charge in [0, 0.05) is 12.4 Å². The number of hydrogen-bond donors (Lipinski definition) is 2. The van der Waals surface area contributed by atoms with Gasteiger partial charge < -0.3 is 5.73 Å². The Labute approximate surface area is 55.6 Å². The lowest BCUT2D eigenvalue weighted by atomic mass is 10.3. The van der Waals surface area contributed by atoms with Crippen molar-refractivity contribution in [1.29, 1.82) is 0 Å². The van der Waals surface area contributed by atoms with Crippen molar-refractivity contribution in [2.75, 3.05) is 0 Å². The molecule has 0 saturated carbocycles. The molecule has 0 aromatic carbocycles. The number of nitrogens with zero attached hydrogens (tertiary/aromatic N) is 1. The van der Waals surface area contributed by atoms with E-state index in [2.05, 4.69) is 17.2 Å². The van der Waals surface area contributed by atoms with Gasteiger partial charge in [0.05, 0.1) is 5.70 Å². The first-order chi connectivity index (χ1) is 4.22. The second-order valence-corrected chi connectivity index (χ2v) is 1.79. The summed E-state index contributed by atoms with van der Waals surface area (Å²) < 4.78 is 0. The molecule has 0 rings (SSSR count). The number of hydrazone groups is 1. The zero-order chi connectivity index (χ0) is 7.28. The molecule has 0 aliphatic rings. The first kappa shape index (κ1) is 8.01. The summed E-state index contributed by atoms with van der Waals surface area (Å²) >= 11 is 0. The molecule has 0 unspecified atom stereocenters. The molecule has 0 aromatic heterocycles. The van der Waals surface area contributed by atoms with E-state index in [4.69, 9.17) is 5.73 Å². The van der Waals surface area contributed by atoms with E-state index < -0.39 is 0 Å². The molecule has 0 bridgehead atoms. The average molecular weight is 127 g/mol. The highest BCUT2D eigenvalue weighted by molar-refractivity contribution is 5.23. The number of rotatable bonds is 3. The molecule has 0 aliphatic heterocycles. The Bertz CT molecular complexity index is 122. The van der Waals surface area contributed by atoms with Crippen LogP contribution in [-0.4, -0.2) is 6.72 Å². The van der Waals surface area contributed by atoms with E-state index in [9.17, 15) is 0 Å². The Hall–Kier alpha value is -0.990. The topological polar surface area (TPSA) is 50.4 Å². The molecule has 52 valence electrons. The third kappa shape index (κ3) is 2.74. The highest BCUT2D eigenvalue weighted by Crippen LogP contribution is 1.97. The molecule has 0 radical (unpaired) electrons. The molecular weight excluding hydrogens is 114 g/mol. The van der Waals surface area contributed by atoms with Gasteiger partial charge in [-0.2, -0.15) is 5.10 Å². The predicted octanol–water partition coefficient (Wildman–Crippen LogP) is 0.792. The molecule has 3 N–H and O–H groups in total. The molecule has 0 atom stereocenters. The SMILES string of the molecule is C=NN/C(CC)=C(/C)N. The monoisotopic (exact) mass is 127 g/mol. The quantitative estimate of drug-likeness (QED) is 0.435. The molecular formula is C6H13N3. The lowest BCUT2D eigenvalue weighted by molar-refractivity contribution is 0.812. The molecule has 0 fully saturated rings. The van der Waals surface area contributed by atoms with Crippen molar-refractivity contribution < 1.29 is 0 Å². The van der Waals surface area contributed by atoms with Crippen LogP contribution in [0.3, 0.4) is 0 Å². The molecule has 0 heterocycles. The largest absolute Gasteiger partial charge is 0.401 e. The van der Waals surface area contributed by atoms with Crippen LogP contribution in [0.15, 0.2) is 16.5 Å². The minimum Gasteiger partial charge on any atom is -0.401 e. The summed E-state index contributed by atoms with van der Waals surface area (Å²) in [5, 5.41) is 3.49. The van der Waals surface area contributed by atoms with Crippen LogP contribution in [-0.2, 0) is 0 Å². The van der Waals surface area contributed by atoms with Crippen molar-refractivity contribution in [3.8, 4) is 0 Å². The van der Waals surface area contributed by atoms with Gasteiger partial charge in [0.25, 0.3) is 0 Å². The zero-order valence-electron chi connectivity index (χ0n) is 5.94. The zero-order valence-corrected chi connectivity index (χ0v) is 5.94. The van der Waals surface area contributed by atoms with Gasteiger partial charge in [-0.15, -0.1) is 0 Å². The van der Waals surface area contributed by atoms with Crippen LogP contribution in [0.5, 0.6) is 0 Å². The Morgan fingerprint density at radius 1 is 1.78 bits per heavy atom. The summed E-state index contributed by atoms with van der Waals surface area (Å²) in [6.07, 6.45) is 0.862.